The van der Waals surface area contributed by atoms with E-state index in [4.69, 9.17) is 26.4 Å². The summed E-state index contributed by atoms with van der Waals surface area (Å²) >= 11 is 5.96. The van der Waals surface area contributed by atoms with Crippen LogP contribution in [0.2, 0.25) is 0 Å². The number of thioether (sulfide) groups is 1. The predicted octanol–water partition coefficient (Wildman–Crippen LogP) is 5.60. The Kier molecular flexibility index (Phi) is 8.78. The number of nitrogens with one attached hydrogen (secondary N) is 1. The van der Waals surface area contributed by atoms with Crippen LogP contribution in [0.15, 0.2) is 35.2 Å². The van der Waals surface area contributed by atoms with E-state index in [1.54, 1.807) is 0 Å². The molecule has 0 saturated carbocycles. The lowest BCUT2D eigenvalue weighted by atomic mass is 9.96. The van der Waals surface area contributed by atoms with Crippen LogP contribution >= 0.6 is 24.0 Å². The number of amides is 1. The Bertz CT molecular complexity index is 1260. The van der Waals surface area contributed by atoms with Crippen LogP contribution < -0.4 is 14.8 Å². The fourth-order valence-corrected chi connectivity index (χ4v) is 5.05. The number of hydrogen-bond acceptors (Lipinski definition) is 7. The molecule has 0 radical (unpaired) electrons. The summed E-state index contributed by atoms with van der Waals surface area (Å²) < 4.78 is 98.7. The molecule has 0 aromatic heterocycles. The Morgan fingerprint density at radius 2 is 1.69 bits per heavy atom. The Morgan fingerprint density at radius 1 is 1.05 bits per heavy atom. The van der Waals surface area contributed by atoms with E-state index in [0.717, 1.165) is 11.8 Å². The molecule has 0 unspecified atom stereocenters. The van der Waals surface area contributed by atoms with Crippen LogP contribution in [0.4, 0.5) is 26.3 Å². The number of halogens is 6. The first-order valence-corrected chi connectivity index (χ1v) is 12.8. The highest BCUT2D eigenvalue weighted by molar-refractivity contribution is 8.26. The lowest BCUT2D eigenvalue weighted by Crippen LogP contribution is -2.38. The van der Waals surface area contributed by atoms with Gasteiger partial charge in [0.1, 0.15) is 10.9 Å². The average molecular weight is 593 g/mol. The molecule has 0 atom stereocenters. The van der Waals surface area contributed by atoms with Gasteiger partial charge in [-0.15, -0.1) is 0 Å². The summed E-state index contributed by atoms with van der Waals surface area (Å²) in [5.74, 6) is -0.438. The first kappa shape index (κ1) is 29.2. The molecule has 14 heteroatoms. The van der Waals surface area contributed by atoms with Gasteiger partial charge >= 0.3 is 12.4 Å². The van der Waals surface area contributed by atoms with E-state index >= 15 is 0 Å². The van der Waals surface area contributed by atoms with Crippen LogP contribution in [0.5, 0.6) is 11.5 Å². The quantitative estimate of drug-likeness (QED) is 0.255. The van der Waals surface area contributed by atoms with Crippen molar-refractivity contribution in [3.63, 3.8) is 0 Å². The Balaban J connectivity index is 1.83. The van der Waals surface area contributed by atoms with Crippen molar-refractivity contribution in [2.45, 2.75) is 12.4 Å². The van der Waals surface area contributed by atoms with Crippen molar-refractivity contribution in [1.82, 2.24) is 10.2 Å². The second kappa shape index (κ2) is 11.7. The average Bonchev–Trinajstić information content (AvgIpc) is 3.19. The topological polar surface area (TPSA) is 60.0 Å². The van der Waals surface area contributed by atoms with Gasteiger partial charge in [0.15, 0.2) is 11.5 Å². The number of hydrogen-bond donors (Lipinski definition) is 1. The maximum absolute atomic E-state index is 13.6. The number of carbonyl (C=O) groups is 1. The Hall–Kier alpha value is -2.81. The second-order valence-corrected chi connectivity index (χ2v) is 10.3. The summed E-state index contributed by atoms with van der Waals surface area (Å²) in [6, 6.07) is 4.15. The Morgan fingerprint density at radius 3 is 2.23 bits per heavy atom. The fourth-order valence-electron chi connectivity index (χ4n) is 4.01. The highest BCUT2D eigenvalue weighted by Gasteiger charge is 2.37. The van der Waals surface area contributed by atoms with Crippen LogP contribution in [-0.2, 0) is 21.9 Å². The monoisotopic (exact) mass is 592 g/mol. The van der Waals surface area contributed by atoms with Crippen LogP contribution in [0.3, 0.4) is 0 Å². The molecule has 1 N–H and O–H groups in total. The van der Waals surface area contributed by atoms with E-state index < -0.39 is 29.4 Å². The highest BCUT2D eigenvalue weighted by atomic mass is 32.2. The van der Waals surface area contributed by atoms with E-state index in [1.807, 2.05) is 0 Å². The van der Waals surface area contributed by atoms with Gasteiger partial charge in [-0.3, -0.25) is 9.69 Å². The van der Waals surface area contributed by atoms with Crippen molar-refractivity contribution >= 4 is 40.3 Å². The van der Waals surface area contributed by atoms with E-state index in [2.05, 4.69) is 10.2 Å². The summed E-state index contributed by atoms with van der Waals surface area (Å²) in [5, 5.41) is 2.45. The fraction of sp³-hybridized carbons (Fsp3) is 0.360. The van der Waals surface area contributed by atoms with Gasteiger partial charge in [-0.2, -0.15) is 26.3 Å². The van der Waals surface area contributed by atoms with Crippen LogP contribution in [-0.4, -0.2) is 61.7 Å². The molecule has 1 amide bonds. The molecule has 0 bridgehead atoms. The number of carbonyl (C=O) groups excluding carboxylic acids is 1. The molecule has 39 heavy (non-hydrogen) atoms. The van der Waals surface area contributed by atoms with Gasteiger partial charge in [-0.05, 0) is 47.5 Å². The molecule has 0 spiro atoms. The summed E-state index contributed by atoms with van der Waals surface area (Å²) in [6.07, 6.45) is -8.66. The summed E-state index contributed by atoms with van der Waals surface area (Å²) in [5.41, 5.74) is -3.09. The van der Waals surface area contributed by atoms with Gasteiger partial charge in [0, 0.05) is 25.2 Å². The van der Waals surface area contributed by atoms with Crippen molar-refractivity contribution < 1.29 is 45.3 Å². The summed E-state index contributed by atoms with van der Waals surface area (Å²) in [7, 11) is 1.30. The SMILES string of the molecule is COc1cc(/C=C2\SC(=S)NC2=O)cc(-c2cc(C(F)(F)F)cc(C(F)(F)F)c2)c1OCCN1CCOCC1. The molecular weight excluding hydrogens is 570 g/mol. The van der Waals surface area contributed by atoms with Crippen LogP contribution in [0.25, 0.3) is 17.2 Å². The molecule has 2 aromatic carbocycles. The van der Waals surface area contributed by atoms with Gasteiger partial charge in [-0.1, -0.05) is 24.0 Å². The number of thiocarbonyl (C=S) groups is 1. The number of alkyl halides is 6. The van der Waals surface area contributed by atoms with Gasteiger partial charge in [0.25, 0.3) is 5.91 Å². The first-order chi connectivity index (χ1) is 18.3. The lowest BCUT2D eigenvalue weighted by Gasteiger charge is -2.27. The normalized spacial score (nSPS) is 18.0. The van der Waals surface area contributed by atoms with Gasteiger partial charge in [0.2, 0.25) is 0 Å². The van der Waals surface area contributed by atoms with Crippen molar-refractivity contribution in [3.05, 3.63) is 51.9 Å². The minimum atomic E-state index is -5.04. The molecule has 2 aliphatic rings. The van der Waals surface area contributed by atoms with Crippen molar-refractivity contribution in [3.8, 4) is 22.6 Å². The molecule has 0 aliphatic carbocycles. The number of morpholine rings is 1. The second-order valence-electron chi connectivity index (χ2n) is 8.55. The number of nitrogens with zero attached hydrogens (tertiary/aromatic N) is 1. The zero-order valence-corrected chi connectivity index (χ0v) is 22.0. The standard InChI is InChI=1S/C25H22F6N2O4S2/c1-35-19-9-14(10-20-22(34)32-23(38)39-20)8-18(21(19)37-7-4-33-2-5-36-6-3-33)15-11-16(24(26,27)28)13-17(12-15)25(29,30)31/h8-13H,2-7H2,1H3,(H,32,34,38)/b20-10-. The van der Waals surface area contributed by atoms with Gasteiger partial charge < -0.3 is 19.5 Å². The zero-order valence-electron chi connectivity index (χ0n) is 20.4. The van der Waals surface area contributed by atoms with Gasteiger partial charge in [-0.25, -0.2) is 0 Å². The minimum absolute atomic E-state index is 0.0283. The van der Waals surface area contributed by atoms with Crippen molar-refractivity contribution in [2.75, 3.05) is 46.6 Å². The van der Waals surface area contributed by atoms with Gasteiger partial charge in [0.05, 0.1) is 36.4 Å². The molecule has 2 heterocycles. The zero-order chi connectivity index (χ0) is 28.4. The molecule has 4 rings (SSSR count). The highest BCUT2D eigenvalue weighted by Crippen LogP contribution is 2.44. The van der Waals surface area contributed by atoms with Crippen molar-refractivity contribution in [2.24, 2.45) is 0 Å². The van der Waals surface area contributed by atoms with Crippen molar-refractivity contribution in [1.29, 1.82) is 0 Å². The molecule has 210 valence electrons. The maximum atomic E-state index is 13.6. The number of methoxy groups -OCH3 is 1. The molecular formula is C25H22F6N2O4S2. The third-order valence-corrected chi connectivity index (χ3v) is 7.06. The molecule has 2 aliphatic heterocycles. The molecule has 2 aromatic rings. The lowest BCUT2D eigenvalue weighted by molar-refractivity contribution is -0.143. The van der Waals surface area contributed by atoms with E-state index in [1.165, 1.54) is 25.3 Å². The van der Waals surface area contributed by atoms with Crippen LogP contribution in [0, 0.1) is 0 Å². The summed E-state index contributed by atoms with van der Waals surface area (Å²) in [6.45, 7) is 2.92. The molecule has 2 fully saturated rings. The number of rotatable bonds is 7. The molecule has 6 nitrogen and oxygen atoms in total. The maximum Gasteiger partial charge on any atom is 0.416 e. The summed E-state index contributed by atoms with van der Waals surface area (Å²) in [4.78, 5) is 14.4. The largest absolute Gasteiger partial charge is 0.493 e. The third-order valence-electron chi connectivity index (χ3n) is 5.89. The smallest absolute Gasteiger partial charge is 0.416 e. The first-order valence-electron chi connectivity index (χ1n) is 11.5. The number of ether oxygens (including phenoxy) is 3. The van der Waals surface area contributed by atoms with E-state index in [0.29, 0.717) is 45.0 Å². The van der Waals surface area contributed by atoms with E-state index in [9.17, 15) is 31.1 Å². The third kappa shape index (κ3) is 7.24. The molecule has 2 saturated heterocycles. The predicted molar refractivity (Wildman–Crippen MR) is 137 cm³/mol. The van der Waals surface area contributed by atoms with Crippen LogP contribution in [0.1, 0.15) is 16.7 Å². The number of benzene rings is 2. The Labute approximate surface area is 229 Å². The van der Waals surface area contributed by atoms with E-state index in [-0.39, 0.29) is 50.1 Å². The minimum Gasteiger partial charge on any atom is -0.493 e.